The van der Waals surface area contributed by atoms with Crippen LogP contribution in [-0.4, -0.2) is 20.6 Å². The number of carbonyl (C=O) groups is 1. The molecule has 3 aromatic carbocycles. The molecule has 40 heavy (non-hydrogen) atoms. The van der Waals surface area contributed by atoms with E-state index in [9.17, 15) is 36.9 Å². The van der Waals surface area contributed by atoms with Crippen LogP contribution in [0.4, 0.5) is 33.3 Å². The normalized spacial score (nSPS) is 11.0. The Bertz CT molecular complexity index is 1630. The van der Waals surface area contributed by atoms with Gasteiger partial charge >= 0.3 is 5.69 Å². The quantitative estimate of drug-likeness (QED) is 0.0898. The number of hydrogen-bond acceptors (Lipinski definition) is 5. The Hall–Kier alpha value is -4.81. The molecule has 1 N–H and O–H groups in total. The van der Waals surface area contributed by atoms with Gasteiger partial charge in [0.2, 0.25) is 5.82 Å². The van der Waals surface area contributed by atoms with Crippen LogP contribution in [0.3, 0.4) is 0 Å². The van der Waals surface area contributed by atoms with Crippen LogP contribution in [0.1, 0.15) is 38.4 Å². The van der Waals surface area contributed by atoms with Gasteiger partial charge in [-0.1, -0.05) is 18.2 Å². The van der Waals surface area contributed by atoms with Crippen LogP contribution in [0.15, 0.2) is 42.5 Å². The molecule has 0 atom stereocenters. The molecule has 0 saturated heterocycles. The molecule has 1 heterocycles. The summed E-state index contributed by atoms with van der Waals surface area (Å²) in [6, 6.07) is 10.8. The van der Waals surface area contributed by atoms with Crippen molar-refractivity contribution in [2.45, 2.75) is 33.9 Å². The molecule has 1 aromatic heterocycles. The van der Waals surface area contributed by atoms with Crippen molar-refractivity contribution in [2.75, 3.05) is 5.32 Å². The third-order valence-electron chi connectivity index (χ3n) is 6.12. The minimum Gasteiger partial charge on any atom is -0.482 e. The first-order valence-electron chi connectivity index (χ1n) is 11.7. The van der Waals surface area contributed by atoms with E-state index >= 15 is 0 Å². The number of rotatable bonds is 8. The first-order chi connectivity index (χ1) is 18.9. The smallest absolute Gasteiger partial charge is 0.311 e. The summed E-state index contributed by atoms with van der Waals surface area (Å²) in [5.74, 6) is -10.8. The van der Waals surface area contributed by atoms with Gasteiger partial charge in [-0.15, -0.1) is 0 Å². The van der Waals surface area contributed by atoms with Crippen molar-refractivity contribution in [2.24, 2.45) is 0 Å². The highest BCUT2D eigenvalue weighted by atomic mass is 19.2. The van der Waals surface area contributed by atoms with Gasteiger partial charge in [0.05, 0.1) is 34.1 Å². The molecule has 0 radical (unpaired) electrons. The zero-order valence-electron chi connectivity index (χ0n) is 21.3. The van der Waals surface area contributed by atoms with Crippen molar-refractivity contribution in [1.82, 2.24) is 9.78 Å². The summed E-state index contributed by atoms with van der Waals surface area (Å²) in [5, 5.41) is 18.0. The number of nitro groups is 1. The van der Waals surface area contributed by atoms with E-state index in [1.54, 1.807) is 25.1 Å². The zero-order valence-corrected chi connectivity index (χ0v) is 21.3. The number of anilines is 1. The second-order valence-electron chi connectivity index (χ2n) is 8.92. The van der Waals surface area contributed by atoms with Crippen LogP contribution >= 0.6 is 0 Å². The fourth-order valence-electron chi connectivity index (χ4n) is 4.01. The molecule has 13 heteroatoms. The molecule has 0 fully saturated rings. The lowest BCUT2D eigenvalue weighted by Gasteiger charge is -2.11. The third-order valence-corrected chi connectivity index (χ3v) is 6.12. The number of halogens is 5. The van der Waals surface area contributed by atoms with Gasteiger partial charge in [-0.05, 0) is 50.1 Å². The Morgan fingerprint density at radius 3 is 2.27 bits per heavy atom. The standard InChI is InChI=1S/C27H21F5N4O4/c1-13-7-8-20(19(9-13)36(38)39)40-12-16-5-4-6-17(10-16)27(37)33-26-14(2)34-35(15(26)3)11-18-21(28)23(30)25(32)24(31)22(18)29/h4-10H,11-12H2,1-3H3,(H,33,37). The lowest BCUT2D eigenvalue weighted by molar-refractivity contribution is -0.386. The van der Waals surface area contributed by atoms with Gasteiger partial charge in [0.25, 0.3) is 5.91 Å². The van der Waals surface area contributed by atoms with Crippen molar-refractivity contribution in [3.63, 3.8) is 0 Å². The Balaban J connectivity index is 1.52. The van der Waals surface area contributed by atoms with Crippen LogP contribution in [0, 0.1) is 60.0 Å². The Kier molecular flexibility index (Phi) is 7.84. The largest absolute Gasteiger partial charge is 0.482 e. The number of carbonyl (C=O) groups excluding carboxylic acids is 1. The zero-order chi connectivity index (χ0) is 29.3. The van der Waals surface area contributed by atoms with Gasteiger partial charge in [0.1, 0.15) is 6.61 Å². The van der Waals surface area contributed by atoms with Crippen LogP contribution in [0.5, 0.6) is 5.75 Å². The Morgan fingerprint density at radius 2 is 1.62 bits per heavy atom. The first kappa shape index (κ1) is 28.2. The fourth-order valence-corrected chi connectivity index (χ4v) is 4.01. The molecule has 0 aliphatic heterocycles. The van der Waals surface area contributed by atoms with Gasteiger partial charge in [0.15, 0.2) is 29.0 Å². The van der Waals surface area contributed by atoms with Gasteiger partial charge < -0.3 is 10.1 Å². The van der Waals surface area contributed by atoms with Crippen LogP contribution in [0.25, 0.3) is 0 Å². The van der Waals surface area contributed by atoms with E-state index in [-0.39, 0.29) is 40.7 Å². The number of aromatic nitrogens is 2. The Morgan fingerprint density at radius 1 is 0.975 bits per heavy atom. The van der Waals surface area contributed by atoms with E-state index in [1.165, 1.54) is 38.1 Å². The van der Waals surface area contributed by atoms with Gasteiger partial charge in [0, 0.05) is 11.6 Å². The minimum absolute atomic E-state index is 0.0665. The highest BCUT2D eigenvalue weighted by Crippen LogP contribution is 2.29. The van der Waals surface area contributed by atoms with Crippen molar-refractivity contribution >= 4 is 17.3 Å². The third kappa shape index (κ3) is 5.48. The van der Waals surface area contributed by atoms with Crippen molar-refractivity contribution in [3.8, 4) is 5.75 Å². The van der Waals surface area contributed by atoms with Crippen molar-refractivity contribution in [1.29, 1.82) is 0 Å². The number of ether oxygens (including phenoxy) is 1. The molecule has 0 saturated carbocycles. The first-order valence-corrected chi connectivity index (χ1v) is 11.7. The highest BCUT2D eigenvalue weighted by molar-refractivity contribution is 6.05. The summed E-state index contributed by atoms with van der Waals surface area (Å²) in [4.78, 5) is 23.8. The highest BCUT2D eigenvalue weighted by Gasteiger charge is 2.27. The molecule has 0 unspecified atom stereocenters. The van der Waals surface area contributed by atoms with Crippen LogP contribution in [-0.2, 0) is 13.2 Å². The molecule has 4 rings (SSSR count). The molecule has 4 aromatic rings. The maximum Gasteiger partial charge on any atom is 0.311 e. The maximum absolute atomic E-state index is 14.2. The van der Waals surface area contributed by atoms with Gasteiger partial charge in [-0.2, -0.15) is 5.10 Å². The monoisotopic (exact) mass is 560 g/mol. The van der Waals surface area contributed by atoms with E-state index in [2.05, 4.69) is 10.4 Å². The number of nitrogens with zero attached hydrogens (tertiary/aromatic N) is 3. The molecule has 0 spiro atoms. The summed E-state index contributed by atoms with van der Waals surface area (Å²) in [5.41, 5.74) is 0.805. The number of nitro benzene ring substituents is 1. The molecular formula is C27H21F5N4O4. The maximum atomic E-state index is 14.2. The number of nitrogens with one attached hydrogen (secondary N) is 1. The van der Waals surface area contributed by atoms with E-state index in [0.29, 0.717) is 11.1 Å². The SMILES string of the molecule is Cc1ccc(OCc2cccc(C(=O)Nc3c(C)nn(Cc4c(F)c(F)c(F)c(F)c4F)c3C)c2)c([N+](=O)[O-])c1. The topological polar surface area (TPSA) is 99.3 Å². The van der Waals surface area contributed by atoms with Crippen LogP contribution < -0.4 is 10.1 Å². The van der Waals surface area contributed by atoms with E-state index in [0.717, 1.165) is 4.68 Å². The second kappa shape index (κ2) is 11.1. The van der Waals surface area contributed by atoms with Gasteiger partial charge in [-0.25, -0.2) is 22.0 Å². The number of hydrogen-bond donors (Lipinski definition) is 1. The average molecular weight is 560 g/mol. The van der Waals surface area contributed by atoms with E-state index in [4.69, 9.17) is 4.74 Å². The predicted octanol–water partition coefficient (Wildman–Crippen LogP) is 6.29. The molecule has 1 amide bonds. The molecule has 0 bridgehead atoms. The average Bonchev–Trinajstić information content (AvgIpc) is 3.19. The van der Waals surface area contributed by atoms with Crippen LogP contribution in [0.2, 0.25) is 0 Å². The minimum atomic E-state index is -2.26. The molecule has 208 valence electrons. The molecule has 0 aliphatic carbocycles. The summed E-state index contributed by atoms with van der Waals surface area (Å²) in [7, 11) is 0. The van der Waals surface area contributed by atoms with E-state index in [1.807, 2.05) is 0 Å². The lowest BCUT2D eigenvalue weighted by Crippen LogP contribution is -2.15. The Labute approximate surface area is 224 Å². The second-order valence-corrected chi connectivity index (χ2v) is 8.92. The molecule has 0 aliphatic rings. The number of aryl methyl sites for hydroxylation is 2. The summed E-state index contributed by atoms with van der Waals surface area (Å²) in [6.45, 7) is 3.83. The molecular weight excluding hydrogens is 539 g/mol. The molecule has 8 nitrogen and oxygen atoms in total. The summed E-state index contributed by atoms with van der Waals surface area (Å²) in [6.07, 6.45) is 0. The van der Waals surface area contributed by atoms with Gasteiger partial charge in [-0.3, -0.25) is 19.6 Å². The summed E-state index contributed by atoms with van der Waals surface area (Å²) < 4.78 is 75.6. The van der Waals surface area contributed by atoms with Crippen molar-refractivity contribution < 1.29 is 36.4 Å². The van der Waals surface area contributed by atoms with E-state index < -0.39 is 52.0 Å². The lowest BCUT2D eigenvalue weighted by atomic mass is 10.1. The predicted molar refractivity (Wildman–Crippen MR) is 134 cm³/mol. The number of benzene rings is 3. The summed E-state index contributed by atoms with van der Waals surface area (Å²) >= 11 is 0. The fraction of sp³-hybridized carbons (Fsp3) is 0.185. The number of amides is 1. The van der Waals surface area contributed by atoms with Crippen molar-refractivity contribution in [3.05, 3.63) is 115 Å².